The average Bonchev–Trinajstić information content (AvgIpc) is 3.00. The monoisotopic (exact) mass is 296 g/mol. The number of nitrogen functional groups attached to an aromatic ring is 1. The van der Waals surface area contributed by atoms with Gasteiger partial charge < -0.3 is 20.1 Å². The molecule has 5 nitrogen and oxygen atoms in total. The molecule has 0 aliphatic heterocycles. The molecule has 0 amide bonds. The molecule has 0 aliphatic rings. The van der Waals surface area contributed by atoms with E-state index in [0.717, 1.165) is 22.4 Å². The van der Waals surface area contributed by atoms with E-state index in [4.69, 9.17) is 20.1 Å². The lowest BCUT2D eigenvalue weighted by Gasteiger charge is -2.07. The van der Waals surface area contributed by atoms with E-state index < -0.39 is 0 Å². The molecule has 3 rings (SSSR count). The summed E-state index contributed by atoms with van der Waals surface area (Å²) in [5.41, 5.74) is 9.72. The highest BCUT2D eigenvalue weighted by molar-refractivity contribution is 5.71. The third-order valence-corrected chi connectivity index (χ3v) is 3.34. The Bertz CT molecular complexity index is 733. The number of ether oxygens (including phenoxy) is 1. The molecule has 1 heterocycles. The number of rotatable bonds is 5. The van der Waals surface area contributed by atoms with Crippen LogP contribution in [0.25, 0.3) is 11.3 Å². The largest absolute Gasteiger partial charge is 0.489 e. The van der Waals surface area contributed by atoms with E-state index in [1.165, 1.54) is 6.26 Å². The van der Waals surface area contributed by atoms with Gasteiger partial charge in [0.25, 0.3) is 0 Å². The van der Waals surface area contributed by atoms with Crippen LogP contribution in [0.3, 0.4) is 0 Å². The van der Waals surface area contributed by atoms with Crippen LogP contribution in [0.1, 0.15) is 11.1 Å². The standard InChI is InChI=1S/C17H16N2O3/c18-16-11-22-19-17(16)14-5-7-15(8-6-14)21-10-13-3-1-12(9-20)2-4-13/h1-8,11,20H,9-10,18H2. The van der Waals surface area contributed by atoms with Crippen molar-refractivity contribution < 1.29 is 14.4 Å². The van der Waals surface area contributed by atoms with Gasteiger partial charge in [0, 0.05) is 5.56 Å². The number of benzene rings is 2. The number of aliphatic hydroxyl groups excluding tert-OH is 1. The summed E-state index contributed by atoms with van der Waals surface area (Å²) in [5.74, 6) is 0.761. The number of hydrogen-bond donors (Lipinski definition) is 2. The molecule has 0 fully saturated rings. The molecule has 0 bridgehead atoms. The Morgan fingerprint density at radius 2 is 1.68 bits per heavy atom. The van der Waals surface area contributed by atoms with Crippen LogP contribution in [-0.4, -0.2) is 10.3 Å². The maximum absolute atomic E-state index is 9.01. The molecule has 1 aromatic heterocycles. The van der Waals surface area contributed by atoms with Crippen LogP contribution in [0, 0.1) is 0 Å². The van der Waals surface area contributed by atoms with Crippen LogP contribution in [0.5, 0.6) is 5.75 Å². The van der Waals surface area contributed by atoms with E-state index in [1.54, 1.807) is 0 Å². The second kappa shape index (κ2) is 6.32. The van der Waals surface area contributed by atoms with E-state index >= 15 is 0 Å². The molecule has 0 spiro atoms. The van der Waals surface area contributed by atoms with Crippen molar-refractivity contribution in [2.45, 2.75) is 13.2 Å². The summed E-state index contributed by atoms with van der Waals surface area (Å²) in [6.07, 6.45) is 1.41. The van der Waals surface area contributed by atoms with Gasteiger partial charge in [-0.1, -0.05) is 29.4 Å². The minimum atomic E-state index is 0.0494. The zero-order valence-electron chi connectivity index (χ0n) is 11.9. The first-order valence-electron chi connectivity index (χ1n) is 6.88. The highest BCUT2D eigenvalue weighted by atomic mass is 16.5. The first-order valence-corrected chi connectivity index (χ1v) is 6.88. The number of hydrogen-bond acceptors (Lipinski definition) is 5. The van der Waals surface area contributed by atoms with Gasteiger partial charge in [-0.05, 0) is 35.4 Å². The van der Waals surface area contributed by atoms with Crippen molar-refractivity contribution in [2.75, 3.05) is 5.73 Å². The summed E-state index contributed by atoms with van der Waals surface area (Å²) < 4.78 is 10.6. The average molecular weight is 296 g/mol. The number of nitrogens with zero attached hydrogens (tertiary/aromatic N) is 1. The van der Waals surface area contributed by atoms with E-state index in [1.807, 2.05) is 48.5 Å². The zero-order chi connectivity index (χ0) is 15.4. The molecular formula is C17H16N2O3. The summed E-state index contributed by atoms with van der Waals surface area (Å²) in [4.78, 5) is 0. The molecule has 112 valence electrons. The Morgan fingerprint density at radius 1 is 1.00 bits per heavy atom. The van der Waals surface area contributed by atoms with E-state index in [2.05, 4.69) is 5.16 Å². The van der Waals surface area contributed by atoms with Gasteiger partial charge >= 0.3 is 0 Å². The molecular weight excluding hydrogens is 280 g/mol. The summed E-state index contributed by atoms with van der Waals surface area (Å²) in [6.45, 7) is 0.519. The highest BCUT2D eigenvalue weighted by Crippen LogP contribution is 2.26. The summed E-state index contributed by atoms with van der Waals surface area (Å²) >= 11 is 0. The summed E-state index contributed by atoms with van der Waals surface area (Å²) in [6, 6.07) is 15.2. The number of nitrogens with two attached hydrogens (primary N) is 1. The predicted molar refractivity (Wildman–Crippen MR) is 83.0 cm³/mol. The van der Waals surface area contributed by atoms with Gasteiger partial charge in [-0.25, -0.2) is 0 Å². The molecule has 0 radical (unpaired) electrons. The Balaban J connectivity index is 1.64. The van der Waals surface area contributed by atoms with Gasteiger partial charge in [-0.3, -0.25) is 0 Å². The first-order chi connectivity index (χ1) is 10.8. The molecule has 2 aromatic carbocycles. The summed E-state index contributed by atoms with van der Waals surface area (Å²) in [5, 5.41) is 12.9. The van der Waals surface area contributed by atoms with Crippen molar-refractivity contribution in [3.05, 3.63) is 65.9 Å². The Hall–Kier alpha value is -2.79. The van der Waals surface area contributed by atoms with Crippen LogP contribution < -0.4 is 10.5 Å². The third-order valence-electron chi connectivity index (χ3n) is 3.34. The molecule has 22 heavy (non-hydrogen) atoms. The lowest BCUT2D eigenvalue weighted by Crippen LogP contribution is -1.96. The maximum Gasteiger partial charge on any atom is 0.147 e. The number of aliphatic hydroxyl groups is 1. The van der Waals surface area contributed by atoms with Crippen molar-refractivity contribution in [1.82, 2.24) is 5.16 Å². The third kappa shape index (κ3) is 3.10. The number of aromatic nitrogens is 1. The summed E-state index contributed by atoms with van der Waals surface area (Å²) in [7, 11) is 0. The van der Waals surface area contributed by atoms with Crippen LogP contribution in [0.15, 0.2) is 59.3 Å². The fourth-order valence-electron chi connectivity index (χ4n) is 2.08. The maximum atomic E-state index is 9.01. The van der Waals surface area contributed by atoms with Gasteiger partial charge in [0.2, 0.25) is 0 Å². The van der Waals surface area contributed by atoms with Gasteiger partial charge in [0.1, 0.15) is 30.0 Å². The fraction of sp³-hybridized carbons (Fsp3) is 0.118. The van der Waals surface area contributed by atoms with Crippen molar-refractivity contribution in [2.24, 2.45) is 0 Å². The van der Waals surface area contributed by atoms with Crippen molar-refractivity contribution >= 4 is 5.69 Å². The van der Waals surface area contributed by atoms with E-state index in [-0.39, 0.29) is 6.61 Å². The second-order valence-corrected chi connectivity index (χ2v) is 4.91. The minimum Gasteiger partial charge on any atom is -0.489 e. The lowest BCUT2D eigenvalue weighted by molar-refractivity contribution is 0.281. The first kappa shape index (κ1) is 14.2. The van der Waals surface area contributed by atoms with Crippen molar-refractivity contribution in [1.29, 1.82) is 0 Å². The van der Waals surface area contributed by atoms with Crippen LogP contribution in [0.4, 0.5) is 5.69 Å². The molecule has 0 unspecified atom stereocenters. The lowest BCUT2D eigenvalue weighted by atomic mass is 10.1. The normalized spacial score (nSPS) is 10.6. The molecule has 3 N–H and O–H groups in total. The quantitative estimate of drug-likeness (QED) is 0.756. The van der Waals surface area contributed by atoms with Gasteiger partial charge in [-0.15, -0.1) is 0 Å². The smallest absolute Gasteiger partial charge is 0.147 e. The van der Waals surface area contributed by atoms with Crippen LogP contribution in [0.2, 0.25) is 0 Å². The SMILES string of the molecule is Nc1conc1-c1ccc(OCc2ccc(CO)cc2)cc1. The molecule has 0 atom stereocenters. The number of anilines is 1. The second-order valence-electron chi connectivity index (χ2n) is 4.91. The van der Waals surface area contributed by atoms with Crippen molar-refractivity contribution in [3.63, 3.8) is 0 Å². The van der Waals surface area contributed by atoms with Crippen LogP contribution >= 0.6 is 0 Å². The Labute approximate surface area is 127 Å². The van der Waals surface area contributed by atoms with Crippen LogP contribution in [-0.2, 0) is 13.2 Å². The molecule has 0 saturated carbocycles. The van der Waals surface area contributed by atoms with Crippen molar-refractivity contribution in [3.8, 4) is 17.0 Å². The van der Waals surface area contributed by atoms with Gasteiger partial charge in [0.05, 0.1) is 6.61 Å². The molecule has 3 aromatic rings. The molecule has 0 saturated heterocycles. The Morgan fingerprint density at radius 3 is 2.27 bits per heavy atom. The zero-order valence-corrected chi connectivity index (χ0v) is 11.9. The topological polar surface area (TPSA) is 81.5 Å². The van der Waals surface area contributed by atoms with Gasteiger partial charge in [-0.2, -0.15) is 0 Å². The fourth-order valence-corrected chi connectivity index (χ4v) is 2.08. The molecule has 5 heteroatoms. The molecule has 0 aliphatic carbocycles. The predicted octanol–water partition coefficient (Wildman–Crippen LogP) is 3.00. The van der Waals surface area contributed by atoms with E-state index in [0.29, 0.717) is 18.0 Å². The Kier molecular flexibility index (Phi) is 4.07. The van der Waals surface area contributed by atoms with E-state index in [9.17, 15) is 0 Å². The van der Waals surface area contributed by atoms with Gasteiger partial charge in [0.15, 0.2) is 0 Å². The minimum absolute atomic E-state index is 0.0494. The highest BCUT2D eigenvalue weighted by Gasteiger charge is 2.07.